The Kier molecular flexibility index (Phi) is 4.98. The first-order chi connectivity index (χ1) is 13.6. The molecule has 0 aliphatic heterocycles. The third kappa shape index (κ3) is 3.32. The Morgan fingerprint density at radius 3 is 2.39 bits per heavy atom. The molecule has 140 valence electrons. The van der Waals surface area contributed by atoms with Gasteiger partial charge in [0.25, 0.3) is 5.56 Å². The zero-order chi connectivity index (χ0) is 19.7. The lowest BCUT2D eigenvalue weighted by atomic mass is 10.1. The van der Waals surface area contributed by atoms with Gasteiger partial charge in [0.05, 0.1) is 15.7 Å². The van der Waals surface area contributed by atoms with Crippen molar-refractivity contribution in [3.8, 4) is 11.3 Å². The van der Waals surface area contributed by atoms with Crippen molar-refractivity contribution in [1.29, 1.82) is 0 Å². The minimum absolute atomic E-state index is 0.139. The largest absolute Gasteiger partial charge is 0.324 e. The summed E-state index contributed by atoms with van der Waals surface area (Å²) in [7, 11) is 0. The minimum Gasteiger partial charge on any atom is -0.324 e. The molecule has 6 nitrogen and oxygen atoms in total. The number of nitrogens with one attached hydrogen (secondary N) is 1. The average molecular weight is 412 g/mol. The van der Waals surface area contributed by atoms with E-state index in [1.165, 1.54) is 6.07 Å². The van der Waals surface area contributed by atoms with Crippen LogP contribution in [0.25, 0.3) is 22.3 Å². The number of nitrogens with zero attached hydrogens (tertiary/aromatic N) is 4. The zero-order valence-electron chi connectivity index (χ0n) is 14.9. The van der Waals surface area contributed by atoms with Crippen LogP contribution in [0.15, 0.2) is 59.7 Å². The van der Waals surface area contributed by atoms with E-state index in [1.807, 2.05) is 6.92 Å². The van der Waals surface area contributed by atoms with Gasteiger partial charge in [-0.1, -0.05) is 29.3 Å². The Hall–Kier alpha value is -2.96. The number of aryl methyl sites for hydroxylation is 1. The average Bonchev–Trinajstić information content (AvgIpc) is 2.68. The molecule has 0 atom stereocenters. The third-order valence-corrected chi connectivity index (χ3v) is 4.92. The molecule has 0 aliphatic carbocycles. The number of fused-ring (bicyclic) bond motifs is 1. The summed E-state index contributed by atoms with van der Waals surface area (Å²) in [5, 5.41) is 4.78. The van der Waals surface area contributed by atoms with Crippen molar-refractivity contribution < 1.29 is 0 Å². The molecule has 0 unspecified atom stereocenters. The molecule has 4 aromatic rings. The number of hydrogen-bond donors (Lipinski definition) is 1. The van der Waals surface area contributed by atoms with Crippen molar-refractivity contribution in [3.63, 3.8) is 0 Å². The third-order valence-electron chi connectivity index (χ3n) is 4.29. The Labute approximate surface area is 170 Å². The quantitative estimate of drug-likeness (QED) is 0.515. The van der Waals surface area contributed by atoms with Crippen LogP contribution < -0.4 is 10.9 Å². The van der Waals surface area contributed by atoms with E-state index in [1.54, 1.807) is 53.4 Å². The van der Waals surface area contributed by atoms with Crippen molar-refractivity contribution in [2.75, 3.05) is 5.32 Å². The number of pyridine rings is 2. The molecule has 0 saturated heterocycles. The Balaban J connectivity index is 2.03. The topological polar surface area (TPSA) is 72.7 Å². The molecular weight excluding hydrogens is 397 g/mol. The normalized spacial score (nSPS) is 11.0. The molecule has 0 fully saturated rings. The predicted octanol–water partition coefficient (Wildman–Crippen LogP) is 4.92. The van der Waals surface area contributed by atoms with E-state index >= 15 is 0 Å². The highest BCUT2D eigenvalue weighted by molar-refractivity contribution is 6.39. The molecule has 0 radical (unpaired) electrons. The molecule has 0 aliphatic rings. The molecule has 1 aromatic carbocycles. The summed E-state index contributed by atoms with van der Waals surface area (Å²) in [4.78, 5) is 25.6. The molecule has 8 heteroatoms. The second-order valence-electron chi connectivity index (χ2n) is 6.01. The predicted molar refractivity (Wildman–Crippen MR) is 112 cm³/mol. The maximum Gasteiger partial charge on any atom is 0.252 e. The van der Waals surface area contributed by atoms with E-state index in [0.29, 0.717) is 44.8 Å². The lowest BCUT2D eigenvalue weighted by Crippen LogP contribution is -2.19. The SMILES string of the molecule is CCn1c(=O)ccc2c(-c3c(Cl)cccc3Cl)nc(Nc3ccncc3)nc21. The number of benzene rings is 1. The number of rotatable bonds is 4. The van der Waals surface area contributed by atoms with Crippen molar-refractivity contribution in [2.24, 2.45) is 0 Å². The van der Waals surface area contributed by atoms with Gasteiger partial charge >= 0.3 is 0 Å². The first-order valence-electron chi connectivity index (χ1n) is 8.61. The number of anilines is 2. The van der Waals surface area contributed by atoms with E-state index in [2.05, 4.69) is 20.3 Å². The molecule has 0 bridgehead atoms. The fourth-order valence-corrected chi connectivity index (χ4v) is 3.58. The van der Waals surface area contributed by atoms with Crippen LogP contribution in [0.5, 0.6) is 0 Å². The molecule has 0 saturated carbocycles. The highest BCUT2D eigenvalue weighted by atomic mass is 35.5. The summed E-state index contributed by atoms with van der Waals surface area (Å²) in [6, 6.07) is 12.1. The lowest BCUT2D eigenvalue weighted by molar-refractivity contribution is 0.749. The molecule has 0 spiro atoms. The number of hydrogen-bond acceptors (Lipinski definition) is 5. The van der Waals surface area contributed by atoms with Gasteiger partial charge < -0.3 is 5.32 Å². The monoisotopic (exact) mass is 411 g/mol. The molecule has 3 aromatic heterocycles. The Morgan fingerprint density at radius 1 is 1.00 bits per heavy atom. The van der Waals surface area contributed by atoms with Crippen LogP contribution in [0.3, 0.4) is 0 Å². The first-order valence-corrected chi connectivity index (χ1v) is 9.37. The van der Waals surface area contributed by atoms with Crippen molar-refractivity contribution in [2.45, 2.75) is 13.5 Å². The standard InChI is InChI=1S/C20H15Cl2N5O/c1-2-27-16(28)7-6-13-18(17-14(21)4-3-5-15(17)22)25-20(26-19(13)27)24-12-8-10-23-11-9-12/h3-11H,2H2,1H3,(H,23,24,25,26). The first kappa shape index (κ1) is 18.4. The Morgan fingerprint density at radius 2 is 1.71 bits per heavy atom. The zero-order valence-corrected chi connectivity index (χ0v) is 16.4. The molecule has 28 heavy (non-hydrogen) atoms. The van der Waals surface area contributed by atoms with Gasteiger partial charge in [0.2, 0.25) is 5.95 Å². The fraction of sp³-hybridized carbons (Fsp3) is 0.100. The summed E-state index contributed by atoms with van der Waals surface area (Å²) >= 11 is 12.9. The van der Waals surface area contributed by atoms with E-state index in [4.69, 9.17) is 23.2 Å². The van der Waals surface area contributed by atoms with Crippen LogP contribution in [0.2, 0.25) is 10.0 Å². The summed E-state index contributed by atoms with van der Waals surface area (Å²) < 4.78 is 1.59. The molecule has 1 N–H and O–H groups in total. The fourth-order valence-electron chi connectivity index (χ4n) is 3.01. The van der Waals surface area contributed by atoms with Crippen LogP contribution in [-0.4, -0.2) is 19.5 Å². The van der Waals surface area contributed by atoms with E-state index in [0.717, 1.165) is 5.69 Å². The highest BCUT2D eigenvalue weighted by Gasteiger charge is 2.18. The summed E-state index contributed by atoms with van der Waals surface area (Å²) in [5.74, 6) is 0.331. The smallest absolute Gasteiger partial charge is 0.252 e. The van der Waals surface area contributed by atoms with Gasteiger partial charge in [-0.25, -0.2) is 4.98 Å². The summed E-state index contributed by atoms with van der Waals surface area (Å²) in [6.45, 7) is 2.36. The van der Waals surface area contributed by atoms with E-state index < -0.39 is 0 Å². The maximum absolute atomic E-state index is 12.3. The van der Waals surface area contributed by atoms with E-state index in [9.17, 15) is 4.79 Å². The summed E-state index contributed by atoms with van der Waals surface area (Å²) in [6.07, 6.45) is 3.33. The molecule has 3 heterocycles. The van der Waals surface area contributed by atoms with Gasteiger partial charge in [-0.3, -0.25) is 14.3 Å². The number of aromatic nitrogens is 4. The highest BCUT2D eigenvalue weighted by Crippen LogP contribution is 2.37. The number of halogens is 2. The van der Waals surface area contributed by atoms with Crippen LogP contribution in [-0.2, 0) is 6.54 Å². The van der Waals surface area contributed by atoms with Gasteiger partial charge in [0.1, 0.15) is 5.65 Å². The van der Waals surface area contributed by atoms with Crippen molar-refractivity contribution in [1.82, 2.24) is 19.5 Å². The van der Waals surface area contributed by atoms with Crippen molar-refractivity contribution in [3.05, 3.63) is 75.3 Å². The Bertz CT molecular complexity index is 1200. The van der Waals surface area contributed by atoms with Gasteiger partial charge in [-0.15, -0.1) is 0 Å². The van der Waals surface area contributed by atoms with Gasteiger partial charge in [0.15, 0.2) is 0 Å². The van der Waals surface area contributed by atoms with Gasteiger partial charge in [0, 0.05) is 41.6 Å². The van der Waals surface area contributed by atoms with Crippen molar-refractivity contribution >= 4 is 45.9 Å². The second-order valence-corrected chi connectivity index (χ2v) is 6.82. The van der Waals surface area contributed by atoms with Crippen LogP contribution in [0.4, 0.5) is 11.6 Å². The van der Waals surface area contributed by atoms with E-state index in [-0.39, 0.29) is 5.56 Å². The maximum atomic E-state index is 12.3. The van der Waals surface area contributed by atoms with Gasteiger partial charge in [-0.2, -0.15) is 4.98 Å². The molecular formula is C20H15Cl2N5O. The van der Waals surface area contributed by atoms with Crippen LogP contribution in [0.1, 0.15) is 6.92 Å². The second kappa shape index (κ2) is 7.58. The minimum atomic E-state index is -0.139. The summed E-state index contributed by atoms with van der Waals surface area (Å²) in [5.41, 5.74) is 2.29. The molecule has 4 rings (SSSR count). The van der Waals surface area contributed by atoms with Gasteiger partial charge in [-0.05, 0) is 37.3 Å². The lowest BCUT2D eigenvalue weighted by Gasteiger charge is -2.14. The van der Waals surface area contributed by atoms with Crippen LogP contribution in [0, 0.1) is 0 Å². The van der Waals surface area contributed by atoms with Crippen LogP contribution >= 0.6 is 23.2 Å². The molecule has 0 amide bonds.